The van der Waals surface area contributed by atoms with Crippen molar-refractivity contribution in [3.05, 3.63) is 5.21 Å². The van der Waals surface area contributed by atoms with Crippen molar-refractivity contribution < 1.29 is 14.2 Å². The number of hydrogen-bond donors (Lipinski definition) is 0. The lowest BCUT2D eigenvalue weighted by Crippen LogP contribution is -2.61. The van der Waals surface area contributed by atoms with E-state index in [4.69, 9.17) is 0 Å². The van der Waals surface area contributed by atoms with Crippen LogP contribution in [0.4, 0.5) is 0 Å². The van der Waals surface area contributed by atoms with Crippen LogP contribution in [0.3, 0.4) is 0 Å². The van der Waals surface area contributed by atoms with Crippen molar-refractivity contribution in [1.29, 1.82) is 0 Å². The Labute approximate surface area is 126 Å². The zero-order chi connectivity index (χ0) is 14.9. The molecule has 0 radical (unpaired) electrons. The molecule has 5 atom stereocenters. The molecule has 2 saturated heterocycles. The molecule has 0 aromatic carbocycles. The molecular weight excluding hydrogens is 266 g/mol. The molecule has 4 heteroatoms. The third-order valence-electron chi connectivity index (χ3n) is 7.10. The smallest absolute Gasteiger partial charge is 0.146 e. The van der Waals surface area contributed by atoms with Crippen LogP contribution in [0.25, 0.3) is 0 Å². The third kappa shape index (κ3) is 1.58. The first-order valence-corrected chi connectivity index (χ1v) is 8.56. The number of ketones is 2. The Morgan fingerprint density at radius 1 is 1.10 bits per heavy atom. The van der Waals surface area contributed by atoms with Crippen LogP contribution < -0.4 is 0 Å². The Morgan fingerprint density at radius 2 is 1.81 bits per heavy atom. The summed E-state index contributed by atoms with van der Waals surface area (Å²) in [6, 6.07) is 0. The predicted octanol–water partition coefficient (Wildman–Crippen LogP) is 2.45. The summed E-state index contributed by atoms with van der Waals surface area (Å²) in [4.78, 5) is 26.0. The first-order valence-electron chi connectivity index (χ1n) is 8.56. The molecule has 116 valence electrons. The van der Waals surface area contributed by atoms with Gasteiger partial charge in [0, 0.05) is 12.8 Å². The molecule has 2 spiro atoms. The number of piperidine rings is 1. The van der Waals surface area contributed by atoms with Gasteiger partial charge >= 0.3 is 0 Å². The predicted molar refractivity (Wildman–Crippen MR) is 78.1 cm³/mol. The van der Waals surface area contributed by atoms with E-state index in [-0.39, 0.29) is 16.3 Å². The maximum atomic E-state index is 13.1. The lowest BCUT2D eigenvalue weighted by Gasteiger charge is -2.55. The van der Waals surface area contributed by atoms with Gasteiger partial charge in [-0.15, -0.1) is 0 Å². The second kappa shape index (κ2) is 4.17. The number of nitrogens with zero attached hydrogens (tertiary/aromatic N) is 1. The van der Waals surface area contributed by atoms with Gasteiger partial charge in [0.05, 0.1) is 30.5 Å². The van der Waals surface area contributed by atoms with Crippen molar-refractivity contribution in [2.24, 2.45) is 22.7 Å². The van der Waals surface area contributed by atoms with Crippen LogP contribution in [0.15, 0.2) is 0 Å². The zero-order valence-electron chi connectivity index (χ0n) is 12.9. The van der Waals surface area contributed by atoms with E-state index >= 15 is 0 Å². The number of Topliss-reactive ketones (excluding diaryl/α,β-unsaturated/α-hetero) is 2. The normalized spacial score (nSPS) is 53.0. The highest BCUT2D eigenvalue weighted by atomic mass is 16.5. The fourth-order valence-corrected chi connectivity index (χ4v) is 6.41. The van der Waals surface area contributed by atoms with Crippen LogP contribution in [0.2, 0.25) is 0 Å². The summed E-state index contributed by atoms with van der Waals surface area (Å²) < 4.78 is -0.219. The molecule has 0 aromatic heterocycles. The van der Waals surface area contributed by atoms with E-state index in [1.54, 1.807) is 0 Å². The minimum atomic E-state index is -0.606. The summed E-state index contributed by atoms with van der Waals surface area (Å²) >= 11 is 0. The molecule has 4 rings (SSSR count). The van der Waals surface area contributed by atoms with Gasteiger partial charge in [-0.3, -0.25) is 9.59 Å². The Morgan fingerprint density at radius 3 is 2.57 bits per heavy atom. The Hall–Kier alpha value is -0.740. The van der Waals surface area contributed by atoms with E-state index in [0.717, 1.165) is 32.1 Å². The highest BCUT2D eigenvalue weighted by Gasteiger charge is 2.72. The van der Waals surface area contributed by atoms with Crippen molar-refractivity contribution in [2.45, 2.75) is 51.9 Å². The number of hydroxylamine groups is 3. The van der Waals surface area contributed by atoms with E-state index in [0.29, 0.717) is 44.2 Å². The fraction of sp³-hybridized carbons (Fsp3) is 0.882. The van der Waals surface area contributed by atoms with Gasteiger partial charge in [0.1, 0.15) is 11.6 Å². The van der Waals surface area contributed by atoms with Crippen LogP contribution in [0.5, 0.6) is 0 Å². The van der Waals surface area contributed by atoms with Gasteiger partial charge in [-0.25, -0.2) is 0 Å². The molecule has 4 fully saturated rings. The quantitative estimate of drug-likeness (QED) is 0.509. The van der Waals surface area contributed by atoms with Crippen LogP contribution in [0.1, 0.15) is 51.9 Å². The molecular formula is C17H25NO3. The van der Waals surface area contributed by atoms with Crippen molar-refractivity contribution in [3.8, 4) is 0 Å². The standard InChI is InChI=1S/C17H25NO3/c1-12-8-13-10-14(19)16-4-2-6-18(21,11-16)7-3-5-17(13,16)15(20)9-12/h12-13H,2-11H2,1H3/t12-,13+,16-,17-,18?/m1/s1. The molecule has 4 nitrogen and oxygen atoms in total. The summed E-state index contributed by atoms with van der Waals surface area (Å²) in [5, 5.41) is 13.0. The number of quaternary nitrogens is 1. The summed E-state index contributed by atoms with van der Waals surface area (Å²) in [7, 11) is 0. The number of hydrogen-bond acceptors (Lipinski definition) is 3. The van der Waals surface area contributed by atoms with Crippen LogP contribution in [0, 0.1) is 27.9 Å². The van der Waals surface area contributed by atoms with E-state index in [1.807, 2.05) is 0 Å². The Kier molecular flexibility index (Phi) is 2.76. The van der Waals surface area contributed by atoms with Gasteiger partial charge in [0.25, 0.3) is 0 Å². The Bertz CT molecular complexity index is 518. The van der Waals surface area contributed by atoms with Crippen LogP contribution in [-0.4, -0.2) is 35.8 Å². The minimum absolute atomic E-state index is 0.214. The lowest BCUT2D eigenvalue weighted by molar-refractivity contribution is -0.890. The summed E-state index contributed by atoms with van der Waals surface area (Å²) in [5.41, 5.74) is -1.08. The second-order valence-corrected chi connectivity index (χ2v) is 8.22. The van der Waals surface area contributed by atoms with Gasteiger partial charge < -0.3 is 9.85 Å². The molecule has 21 heavy (non-hydrogen) atoms. The van der Waals surface area contributed by atoms with Crippen LogP contribution in [-0.2, 0) is 9.59 Å². The van der Waals surface area contributed by atoms with E-state index in [2.05, 4.69) is 6.92 Å². The zero-order valence-corrected chi connectivity index (χ0v) is 12.9. The molecule has 0 aromatic rings. The molecule has 2 bridgehead atoms. The molecule has 2 aliphatic carbocycles. The van der Waals surface area contributed by atoms with Gasteiger partial charge in [0.2, 0.25) is 0 Å². The van der Waals surface area contributed by atoms with Crippen molar-refractivity contribution in [1.82, 2.24) is 0 Å². The molecule has 2 aliphatic heterocycles. The monoisotopic (exact) mass is 291 g/mol. The average molecular weight is 291 g/mol. The molecule has 2 saturated carbocycles. The number of fused-ring (bicyclic) bond motifs is 1. The van der Waals surface area contributed by atoms with Crippen molar-refractivity contribution in [2.75, 3.05) is 19.6 Å². The molecule has 4 aliphatic rings. The van der Waals surface area contributed by atoms with Gasteiger partial charge in [-0.1, -0.05) is 6.92 Å². The van der Waals surface area contributed by atoms with E-state index < -0.39 is 10.8 Å². The molecule has 2 heterocycles. The SMILES string of the molecule is C[C@H]1CC(=O)[C@]23CCC[N+]4([O-])CCC[C@@]2(C4)C(=O)C[C@@H]3C1. The second-order valence-electron chi connectivity index (χ2n) is 8.22. The average Bonchev–Trinajstić information content (AvgIpc) is 2.56. The molecule has 0 amide bonds. The largest absolute Gasteiger partial charge is 0.633 e. The van der Waals surface area contributed by atoms with E-state index in [9.17, 15) is 14.8 Å². The van der Waals surface area contributed by atoms with Gasteiger partial charge in [-0.05, 0) is 43.9 Å². The lowest BCUT2D eigenvalue weighted by atomic mass is 9.51. The Balaban J connectivity index is 1.88. The summed E-state index contributed by atoms with van der Waals surface area (Å²) in [5.74, 6) is 1.17. The summed E-state index contributed by atoms with van der Waals surface area (Å²) in [6.07, 6.45) is 5.36. The molecule has 0 N–H and O–H groups in total. The minimum Gasteiger partial charge on any atom is -0.633 e. The van der Waals surface area contributed by atoms with Gasteiger partial charge in [0.15, 0.2) is 0 Å². The number of carbonyl (C=O) groups is 2. The topological polar surface area (TPSA) is 57.2 Å². The van der Waals surface area contributed by atoms with Crippen LogP contribution >= 0.6 is 0 Å². The van der Waals surface area contributed by atoms with Crippen molar-refractivity contribution in [3.63, 3.8) is 0 Å². The highest BCUT2D eigenvalue weighted by molar-refractivity contribution is 6.00. The fourth-order valence-electron chi connectivity index (χ4n) is 6.41. The first-order chi connectivity index (χ1) is 9.92. The first kappa shape index (κ1) is 13.9. The maximum absolute atomic E-state index is 13.1. The molecule has 1 unspecified atom stereocenters. The number of carbonyl (C=O) groups excluding carboxylic acids is 2. The third-order valence-corrected chi connectivity index (χ3v) is 7.10. The van der Waals surface area contributed by atoms with Crippen molar-refractivity contribution >= 4 is 11.6 Å². The highest BCUT2D eigenvalue weighted by Crippen LogP contribution is 2.66. The van der Waals surface area contributed by atoms with Gasteiger partial charge in [-0.2, -0.15) is 0 Å². The van der Waals surface area contributed by atoms with E-state index in [1.165, 1.54) is 0 Å². The maximum Gasteiger partial charge on any atom is 0.146 e. The summed E-state index contributed by atoms with van der Waals surface area (Å²) in [6.45, 7) is 3.76. The number of rotatable bonds is 0.